The molecule has 2 heterocycles. The van der Waals surface area contributed by atoms with Gasteiger partial charge in [-0.2, -0.15) is 0 Å². The molecule has 0 bridgehead atoms. The van der Waals surface area contributed by atoms with Crippen LogP contribution in [0.1, 0.15) is 30.5 Å². The van der Waals surface area contributed by atoms with Crippen molar-refractivity contribution in [3.8, 4) is 17.1 Å². The van der Waals surface area contributed by atoms with Crippen LogP contribution in [-0.4, -0.2) is 27.3 Å². The van der Waals surface area contributed by atoms with E-state index in [0.717, 1.165) is 22.0 Å². The van der Waals surface area contributed by atoms with Crippen molar-refractivity contribution in [1.82, 2.24) is 20.2 Å². The number of ether oxygens (including phenoxy) is 1. The molecular formula is C16H17ClN4OS2. The summed E-state index contributed by atoms with van der Waals surface area (Å²) < 4.78 is 5.36. The van der Waals surface area contributed by atoms with Crippen LogP contribution >= 0.6 is 34.7 Å². The van der Waals surface area contributed by atoms with Crippen LogP contribution in [0, 0.1) is 0 Å². The molecule has 0 aliphatic carbocycles. The van der Waals surface area contributed by atoms with Crippen LogP contribution in [0.25, 0.3) is 11.4 Å². The number of hydrogen-bond acceptors (Lipinski definition) is 6. The van der Waals surface area contributed by atoms with E-state index in [-0.39, 0.29) is 0 Å². The van der Waals surface area contributed by atoms with E-state index in [2.05, 4.69) is 39.4 Å². The lowest BCUT2D eigenvalue weighted by Crippen LogP contribution is -1.89. The molecule has 0 amide bonds. The number of aromatic amines is 1. The number of H-pyrrole nitrogens is 1. The van der Waals surface area contributed by atoms with Gasteiger partial charge in [0, 0.05) is 22.1 Å². The Morgan fingerprint density at radius 3 is 2.88 bits per heavy atom. The minimum Gasteiger partial charge on any atom is -0.496 e. The normalized spacial score (nSPS) is 11.2. The van der Waals surface area contributed by atoms with Gasteiger partial charge in [-0.1, -0.05) is 37.2 Å². The molecule has 0 atom stereocenters. The smallest absolute Gasteiger partial charge is 0.209 e. The molecule has 0 spiro atoms. The number of hydrogen-bond donors (Lipinski definition) is 1. The highest BCUT2D eigenvalue weighted by atomic mass is 35.5. The molecule has 1 aromatic carbocycles. The van der Waals surface area contributed by atoms with Gasteiger partial charge in [-0.05, 0) is 18.2 Å². The predicted molar refractivity (Wildman–Crippen MR) is 99.1 cm³/mol. The zero-order chi connectivity index (χ0) is 17.1. The molecule has 0 saturated carbocycles. The molecule has 0 fully saturated rings. The van der Waals surface area contributed by atoms with E-state index < -0.39 is 0 Å². The van der Waals surface area contributed by atoms with Gasteiger partial charge < -0.3 is 4.74 Å². The number of nitrogens with zero attached hydrogens (tertiary/aromatic N) is 3. The third-order valence-corrected chi connectivity index (χ3v) is 5.60. The van der Waals surface area contributed by atoms with Crippen LogP contribution in [0.2, 0.25) is 5.02 Å². The summed E-state index contributed by atoms with van der Waals surface area (Å²) in [6, 6.07) is 5.41. The van der Waals surface area contributed by atoms with Crippen molar-refractivity contribution in [2.45, 2.75) is 30.7 Å². The van der Waals surface area contributed by atoms with Crippen molar-refractivity contribution in [2.24, 2.45) is 0 Å². The first-order valence-corrected chi connectivity index (χ1v) is 9.64. The van der Waals surface area contributed by atoms with E-state index >= 15 is 0 Å². The number of thiazole rings is 1. The maximum Gasteiger partial charge on any atom is 0.209 e. The highest BCUT2D eigenvalue weighted by molar-refractivity contribution is 7.98. The van der Waals surface area contributed by atoms with Crippen LogP contribution in [0.15, 0.2) is 28.7 Å². The Morgan fingerprint density at radius 1 is 1.33 bits per heavy atom. The summed E-state index contributed by atoms with van der Waals surface area (Å²) in [5.41, 5.74) is 1.85. The Morgan fingerprint density at radius 2 is 2.17 bits per heavy atom. The van der Waals surface area contributed by atoms with E-state index in [1.54, 1.807) is 36.3 Å². The van der Waals surface area contributed by atoms with E-state index in [9.17, 15) is 0 Å². The number of nitrogens with one attached hydrogen (secondary N) is 1. The number of halogens is 1. The van der Waals surface area contributed by atoms with Gasteiger partial charge in [-0.15, -0.1) is 16.4 Å². The lowest BCUT2D eigenvalue weighted by atomic mass is 10.2. The second kappa shape index (κ2) is 7.55. The second-order valence-electron chi connectivity index (χ2n) is 5.43. The van der Waals surface area contributed by atoms with Crippen molar-refractivity contribution in [3.63, 3.8) is 0 Å². The molecule has 24 heavy (non-hydrogen) atoms. The topological polar surface area (TPSA) is 63.7 Å². The molecule has 8 heteroatoms. The van der Waals surface area contributed by atoms with Crippen molar-refractivity contribution >= 4 is 34.7 Å². The molecule has 0 radical (unpaired) electrons. The maximum atomic E-state index is 6.07. The summed E-state index contributed by atoms with van der Waals surface area (Å²) in [7, 11) is 1.62. The van der Waals surface area contributed by atoms with Gasteiger partial charge in [0.2, 0.25) is 5.16 Å². The molecule has 0 saturated heterocycles. The van der Waals surface area contributed by atoms with Gasteiger partial charge in [0.1, 0.15) is 5.75 Å². The Labute approximate surface area is 153 Å². The zero-order valence-corrected chi connectivity index (χ0v) is 15.9. The van der Waals surface area contributed by atoms with Gasteiger partial charge in [-0.3, -0.25) is 5.10 Å². The van der Waals surface area contributed by atoms with E-state index in [1.165, 1.54) is 0 Å². The van der Waals surface area contributed by atoms with Gasteiger partial charge in [0.25, 0.3) is 0 Å². The number of thioether (sulfide) groups is 1. The molecular weight excluding hydrogens is 364 g/mol. The number of aromatic nitrogens is 4. The molecule has 0 aliphatic rings. The highest BCUT2D eigenvalue weighted by Gasteiger charge is 2.13. The first-order valence-electron chi connectivity index (χ1n) is 7.40. The summed E-state index contributed by atoms with van der Waals surface area (Å²) in [4.78, 5) is 9.14. The van der Waals surface area contributed by atoms with Crippen LogP contribution < -0.4 is 4.74 Å². The summed E-state index contributed by atoms with van der Waals surface area (Å²) in [5.74, 6) is 2.54. The van der Waals surface area contributed by atoms with Crippen LogP contribution in [0.3, 0.4) is 0 Å². The number of rotatable bonds is 6. The van der Waals surface area contributed by atoms with Crippen LogP contribution in [0.4, 0.5) is 0 Å². The van der Waals surface area contributed by atoms with E-state index in [1.807, 2.05) is 12.1 Å². The average molecular weight is 381 g/mol. The number of methoxy groups -OCH3 is 1. The molecule has 0 unspecified atom stereocenters. The molecule has 1 N–H and O–H groups in total. The largest absolute Gasteiger partial charge is 0.496 e. The Hall–Kier alpha value is -1.57. The molecule has 3 rings (SSSR count). The SMILES string of the molecule is COc1ccc(Cl)cc1-c1nc(SCc2csc(C(C)C)n2)n[nH]1. The highest BCUT2D eigenvalue weighted by Crippen LogP contribution is 2.31. The van der Waals surface area contributed by atoms with Crippen LogP contribution in [0.5, 0.6) is 5.75 Å². The van der Waals surface area contributed by atoms with E-state index in [4.69, 9.17) is 16.3 Å². The van der Waals surface area contributed by atoms with Gasteiger partial charge in [-0.25, -0.2) is 9.97 Å². The standard InChI is InChI=1S/C16H17ClN4OS2/c1-9(2)15-18-11(7-23-15)8-24-16-19-14(20-21-16)12-6-10(17)4-5-13(12)22-3/h4-7,9H,8H2,1-3H3,(H,19,20,21). The minimum atomic E-state index is 0.458. The van der Waals surface area contributed by atoms with Crippen LogP contribution in [-0.2, 0) is 5.75 Å². The minimum absolute atomic E-state index is 0.458. The third kappa shape index (κ3) is 3.91. The van der Waals surface area contributed by atoms with E-state index in [0.29, 0.717) is 27.7 Å². The third-order valence-electron chi connectivity index (χ3n) is 3.29. The lowest BCUT2D eigenvalue weighted by molar-refractivity contribution is 0.416. The van der Waals surface area contributed by atoms with Crippen molar-refractivity contribution in [1.29, 1.82) is 0 Å². The first kappa shape index (κ1) is 17.3. The fourth-order valence-electron chi connectivity index (χ4n) is 2.09. The van der Waals surface area contributed by atoms with Crippen molar-refractivity contribution in [2.75, 3.05) is 7.11 Å². The van der Waals surface area contributed by atoms with Gasteiger partial charge in [0.15, 0.2) is 5.82 Å². The maximum absolute atomic E-state index is 6.07. The molecule has 126 valence electrons. The Bertz CT molecular complexity index is 831. The monoisotopic (exact) mass is 380 g/mol. The van der Waals surface area contributed by atoms with Crippen molar-refractivity contribution in [3.05, 3.63) is 39.3 Å². The number of benzene rings is 1. The second-order valence-corrected chi connectivity index (χ2v) is 7.70. The zero-order valence-electron chi connectivity index (χ0n) is 13.5. The summed E-state index contributed by atoms with van der Waals surface area (Å²) in [6.45, 7) is 4.30. The fourth-order valence-corrected chi connectivity index (χ4v) is 3.89. The Kier molecular flexibility index (Phi) is 5.43. The fraction of sp³-hybridized carbons (Fsp3) is 0.312. The van der Waals surface area contributed by atoms with Gasteiger partial charge in [0.05, 0.1) is 23.4 Å². The first-order chi connectivity index (χ1) is 11.6. The van der Waals surface area contributed by atoms with Gasteiger partial charge >= 0.3 is 0 Å². The molecule has 3 aromatic rings. The molecule has 0 aliphatic heterocycles. The molecule has 5 nitrogen and oxygen atoms in total. The summed E-state index contributed by atoms with van der Waals surface area (Å²) in [5, 5.41) is 11.8. The summed E-state index contributed by atoms with van der Waals surface area (Å²) >= 11 is 9.32. The van der Waals surface area contributed by atoms with Crippen molar-refractivity contribution < 1.29 is 4.74 Å². The predicted octanol–water partition coefficient (Wildman–Crippen LogP) is 5.01. The Balaban J connectivity index is 1.72. The quantitative estimate of drug-likeness (QED) is 0.609. The summed E-state index contributed by atoms with van der Waals surface area (Å²) in [6.07, 6.45) is 0. The molecule has 2 aromatic heterocycles. The average Bonchev–Trinajstić information content (AvgIpc) is 3.22. The lowest BCUT2D eigenvalue weighted by Gasteiger charge is -2.05.